The second kappa shape index (κ2) is 7.09. The fraction of sp³-hybridized carbons (Fsp3) is 0.375. The molecule has 0 saturated carbocycles. The number of benzene rings is 1. The van der Waals surface area contributed by atoms with Crippen molar-refractivity contribution in [2.24, 2.45) is 7.05 Å². The zero-order valence-corrected chi connectivity index (χ0v) is 12.8. The Kier molecular flexibility index (Phi) is 5.16. The van der Waals surface area contributed by atoms with Gasteiger partial charge in [-0.05, 0) is 35.6 Å². The lowest BCUT2D eigenvalue weighted by Gasteiger charge is -2.12. The summed E-state index contributed by atoms with van der Waals surface area (Å²) in [5.74, 6) is -1.40. The van der Waals surface area contributed by atoms with Gasteiger partial charge in [-0.1, -0.05) is 13.0 Å². The highest BCUT2D eigenvalue weighted by atomic mass is 16.3. The van der Waals surface area contributed by atoms with Crippen LogP contribution in [0.5, 0.6) is 0 Å². The molecule has 1 atom stereocenters. The molecule has 0 aliphatic heterocycles. The van der Waals surface area contributed by atoms with Crippen molar-refractivity contribution >= 4 is 22.7 Å². The molecule has 0 fully saturated rings. The SMILES string of the molecule is CCCNC(=O)C(=O)NCC(O)c1ccc2c(ccn2C)c1. The van der Waals surface area contributed by atoms with Crippen molar-refractivity contribution in [3.8, 4) is 0 Å². The number of carbonyl (C=O) groups is 2. The van der Waals surface area contributed by atoms with Crippen LogP contribution >= 0.6 is 0 Å². The third-order valence-electron chi connectivity index (χ3n) is 3.49. The summed E-state index contributed by atoms with van der Waals surface area (Å²) in [4.78, 5) is 23.0. The van der Waals surface area contributed by atoms with Gasteiger partial charge in [-0.15, -0.1) is 0 Å². The first-order chi connectivity index (χ1) is 10.5. The normalized spacial score (nSPS) is 12.1. The Morgan fingerprint density at radius 3 is 2.68 bits per heavy atom. The molecule has 0 radical (unpaired) electrons. The topological polar surface area (TPSA) is 83.4 Å². The smallest absolute Gasteiger partial charge is 0.309 e. The van der Waals surface area contributed by atoms with E-state index in [2.05, 4.69) is 10.6 Å². The van der Waals surface area contributed by atoms with Crippen LogP contribution in [0.25, 0.3) is 10.9 Å². The van der Waals surface area contributed by atoms with E-state index in [1.54, 1.807) is 0 Å². The number of fused-ring (bicyclic) bond motifs is 1. The van der Waals surface area contributed by atoms with Crippen LogP contribution in [-0.2, 0) is 16.6 Å². The number of amides is 2. The number of nitrogens with one attached hydrogen (secondary N) is 2. The number of hydrogen-bond acceptors (Lipinski definition) is 3. The van der Waals surface area contributed by atoms with Crippen molar-refractivity contribution in [2.45, 2.75) is 19.4 Å². The van der Waals surface area contributed by atoms with E-state index in [0.717, 1.165) is 17.3 Å². The van der Waals surface area contributed by atoms with Crippen molar-refractivity contribution < 1.29 is 14.7 Å². The van der Waals surface area contributed by atoms with Crippen molar-refractivity contribution in [1.29, 1.82) is 0 Å². The summed E-state index contributed by atoms with van der Waals surface area (Å²) in [5, 5.41) is 16.1. The van der Waals surface area contributed by atoms with E-state index in [4.69, 9.17) is 0 Å². The van der Waals surface area contributed by atoms with E-state index in [1.165, 1.54) is 0 Å². The molecule has 1 aromatic carbocycles. The van der Waals surface area contributed by atoms with E-state index in [0.29, 0.717) is 12.1 Å². The molecule has 118 valence electrons. The monoisotopic (exact) mass is 303 g/mol. The predicted octanol–water partition coefficient (Wildman–Crippen LogP) is 0.854. The first-order valence-electron chi connectivity index (χ1n) is 7.32. The lowest BCUT2D eigenvalue weighted by molar-refractivity contribution is -0.139. The van der Waals surface area contributed by atoms with Crippen LogP contribution in [0.3, 0.4) is 0 Å². The molecule has 0 aliphatic rings. The zero-order valence-electron chi connectivity index (χ0n) is 12.8. The molecule has 0 saturated heterocycles. The molecule has 6 heteroatoms. The van der Waals surface area contributed by atoms with Gasteiger partial charge in [-0.2, -0.15) is 0 Å². The Hall–Kier alpha value is -2.34. The molecule has 1 unspecified atom stereocenters. The van der Waals surface area contributed by atoms with E-state index < -0.39 is 17.9 Å². The first-order valence-corrected chi connectivity index (χ1v) is 7.32. The highest BCUT2D eigenvalue weighted by Gasteiger charge is 2.15. The fourth-order valence-corrected chi connectivity index (χ4v) is 2.21. The molecule has 2 rings (SSSR count). The number of nitrogens with zero attached hydrogens (tertiary/aromatic N) is 1. The largest absolute Gasteiger partial charge is 0.387 e. The molecule has 1 aromatic heterocycles. The van der Waals surface area contributed by atoms with Gasteiger partial charge >= 0.3 is 11.8 Å². The second-order valence-electron chi connectivity index (χ2n) is 5.23. The number of aromatic nitrogens is 1. The summed E-state index contributed by atoms with van der Waals surface area (Å²) >= 11 is 0. The quantitative estimate of drug-likeness (QED) is 0.716. The Bertz CT molecular complexity index is 678. The zero-order chi connectivity index (χ0) is 16.1. The van der Waals surface area contributed by atoms with Crippen LogP contribution in [0.2, 0.25) is 0 Å². The molecule has 6 nitrogen and oxygen atoms in total. The maximum absolute atomic E-state index is 11.6. The number of rotatable bonds is 5. The highest BCUT2D eigenvalue weighted by Crippen LogP contribution is 2.20. The molecule has 2 amide bonds. The molecule has 0 bridgehead atoms. The molecule has 1 heterocycles. The van der Waals surface area contributed by atoms with Crippen molar-refractivity contribution in [3.05, 3.63) is 36.0 Å². The van der Waals surface area contributed by atoms with Gasteiger partial charge < -0.3 is 20.3 Å². The van der Waals surface area contributed by atoms with Crippen molar-refractivity contribution in [3.63, 3.8) is 0 Å². The number of carbonyl (C=O) groups excluding carboxylic acids is 2. The van der Waals surface area contributed by atoms with Gasteiger partial charge in [0.1, 0.15) is 0 Å². The van der Waals surface area contributed by atoms with Gasteiger partial charge in [-0.3, -0.25) is 9.59 Å². The lowest BCUT2D eigenvalue weighted by atomic mass is 10.1. The summed E-state index contributed by atoms with van der Waals surface area (Å²) < 4.78 is 1.99. The molecular weight excluding hydrogens is 282 g/mol. The predicted molar refractivity (Wildman–Crippen MR) is 84.2 cm³/mol. The average Bonchev–Trinajstić information content (AvgIpc) is 2.90. The van der Waals surface area contributed by atoms with Crippen LogP contribution < -0.4 is 10.6 Å². The van der Waals surface area contributed by atoms with E-state index in [9.17, 15) is 14.7 Å². The van der Waals surface area contributed by atoms with E-state index in [1.807, 2.05) is 49.0 Å². The Morgan fingerprint density at radius 1 is 1.23 bits per heavy atom. The van der Waals surface area contributed by atoms with Gasteiger partial charge in [0.2, 0.25) is 0 Å². The number of hydrogen-bond donors (Lipinski definition) is 3. The average molecular weight is 303 g/mol. The van der Waals surface area contributed by atoms with Gasteiger partial charge in [-0.25, -0.2) is 0 Å². The summed E-state index contributed by atoms with van der Waals surface area (Å²) in [6, 6.07) is 7.58. The third-order valence-corrected chi connectivity index (χ3v) is 3.49. The minimum Gasteiger partial charge on any atom is -0.387 e. The summed E-state index contributed by atoms with van der Waals surface area (Å²) in [7, 11) is 1.95. The van der Waals surface area contributed by atoms with E-state index >= 15 is 0 Å². The second-order valence-corrected chi connectivity index (χ2v) is 5.23. The first kappa shape index (κ1) is 16.0. The Balaban J connectivity index is 1.94. The maximum atomic E-state index is 11.6. The summed E-state index contributed by atoms with van der Waals surface area (Å²) in [6.45, 7) is 2.36. The molecule has 2 aromatic rings. The van der Waals surface area contributed by atoms with Crippen LogP contribution in [0, 0.1) is 0 Å². The standard InChI is InChI=1S/C16H21N3O3/c1-3-7-17-15(21)16(22)18-10-14(20)12-4-5-13-11(9-12)6-8-19(13)2/h4-6,8-9,14,20H,3,7,10H2,1-2H3,(H,17,21)(H,18,22). The van der Waals surface area contributed by atoms with Crippen LogP contribution in [-0.4, -0.2) is 34.6 Å². The summed E-state index contributed by atoms with van der Waals surface area (Å²) in [6.07, 6.45) is 1.85. The van der Waals surface area contributed by atoms with Gasteiger partial charge in [0, 0.05) is 31.9 Å². The summed E-state index contributed by atoms with van der Waals surface area (Å²) in [5.41, 5.74) is 1.77. The highest BCUT2D eigenvalue weighted by molar-refractivity contribution is 6.35. The molecular formula is C16H21N3O3. The van der Waals surface area contributed by atoms with Crippen LogP contribution in [0.4, 0.5) is 0 Å². The van der Waals surface area contributed by atoms with Crippen molar-refractivity contribution in [1.82, 2.24) is 15.2 Å². The van der Waals surface area contributed by atoms with Crippen molar-refractivity contribution in [2.75, 3.05) is 13.1 Å². The van der Waals surface area contributed by atoms with Crippen LogP contribution in [0.15, 0.2) is 30.5 Å². The molecule has 0 aliphatic carbocycles. The third kappa shape index (κ3) is 3.65. The minimum atomic E-state index is -0.854. The lowest BCUT2D eigenvalue weighted by Crippen LogP contribution is -2.41. The Morgan fingerprint density at radius 2 is 1.95 bits per heavy atom. The van der Waals surface area contributed by atoms with Gasteiger partial charge in [0.15, 0.2) is 0 Å². The maximum Gasteiger partial charge on any atom is 0.309 e. The molecule has 3 N–H and O–H groups in total. The minimum absolute atomic E-state index is 0.00326. The molecule has 0 spiro atoms. The number of aryl methyl sites for hydroxylation is 1. The van der Waals surface area contributed by atoms with E-state index in [-0.39, 0.29) is 6.54 Å². The number of aliphatic hydroxyl groups is 1. The number of aliphatic hydroxyl groups excluding tert-OH is 1. The molecule has 22 heavy (non-hydrogen) atoms. The van der Waals surface area contributed by atoms with Crippen LogP contribution in [0.1, 0.15) is 25.0 Å². The van der Waals surface area contributed by atoms with Gasteiger partial charge in [0.05, 0.1) is 6.10 Å². The fourth-order valence-electron chi connectivity index (χ4n) is 2.21. The Labute approximate surface area is 129 Å². The van der Waals surface area contributed by atoms with Gasteiger partial charge in [0.25, 0.3) is 0 Å².